The lowest BCUT2D eigenvalue weighted by Gasteiger charge is -2.24. The Morgan fingerprint density at radius 3 is 2.60 bits per heavy atom. The van der Waals surface area contributed by atoms with Gasteiger partial charge < -0.3 is 24.8 Å². The predicted octanol–water partition coefficient (Wildman–Crippen LogP) is 2.67. The largest absolute Gasteiger partial charge is 0.493 e. The molecule has 0 aliphatic carbocycles. The molecule has 0 unspecified atom stereocenters. The first kappa shape index (κ1) is 31.5. The Hall–Kier alpha value is -4.97. The van der Waals surface area contributed by atoms with Crippen LogP contribution in [0.1, 0.15) is 33.6 Å². The van der Waals surface area contributed by atoms with Crippen molar-refractivity contribution in [2.75, 3.05) is 40.5 Å². The highest BCUT2D eigenvalue weighted by molar-refractivity contribution is 6.00. The van der Waals surface area contributed by atoms with Crippen LogP contribution < -0.4 is 24.8 Å². The zero-order valence-electron chi connectivity index (χ0n) is 25.6. The van der Waals surface area contributed by atoms with Gasteiger partial charge in [0.2, 0.25) is 11.8 Å². The minimum absolute atomic E-state index is 0.274. The molecule has 12 nitrogen and oxygen atoms in total. The molecule has 2 amide bonds. The molecule has 0 spiro atoms. The van der Waals surface area contributed by atoms with E-state index < -0.39 is 11.9 Å². The number of nitrogens with one attached hydrogen (secondary N) is 2. The average molecular weight is 614 g/mol. The summed E-state index contributed by atoms with van der Waals surface area (Å²) in [5, 5.41) is 14.6. The van der Waals surface area contributed by atoms with Gasteiger partial charge >= 0.3 is 0 Å². The average Bonchev–Trinajstić information content (AvgIpc) is 3.53. The van der Waals surface area contributed by atoms with Crippen LogP contribution in [0.2, 0.25) is 0 Å². The second kappa shape index (κ2) is 15.7. The van der Waals surface area contributed by atoms with E-state index >= 15 is 0 Å². The lowest BCUT2D eigenvalue weighted by atomic mass is 10.0. The van der Waals surface area contributed by atoms with Crippen LogP contribution in [0.4, 0.5) is 0 Å². The van der Waals surface area contributed by atoms with Gasteiger partial charge in [-0.15, -0.1) is 5.10 Å². The molecule has 2 N–H and O–H groups in total. The van der Waals surface area contributed by atoms with Crippen molar-refractivity contribution < 1.29 is 23.8 Å². The van der Waals surface area contributed by atoms with Gasteiger partial charge in [-0.1, -0.05) is 47.7 Å². The van der Waals surface area contributed by atoms with Gasteiger partial charge in [-0.3, -0.25) is 19.2 Å². The topological polar surface area (TPSA) is 133 Å². The molecule has 12 heteroatoms. The molecule has 1 aliphatic rings. The van der Waals surface area contributed by atoms with Crippen LogP contribution in [-0.4, -0.2) is 83.2 Å². The number of benzene rings is 2. The van der Waals surface area contributed by atoms with Crippen molar-refractivity contribution in [3.63, 3.8) is 0 Å². The van der Waals surface area contributed by atoms with E-state index in [0.717, 1.165) is 16.8 Å². The Morgan fingerprint density at radius 2 is 1.82 bits per heavy atom. The fourth-order valence-corrected chi connectivity index (χ4v) is 5.15. The summed E-state index contributed by atoms with van der Waals surface area (Å²) in [7, 11) is 3.12. The highest BCUT2D eigenvalue weighted by atomic mass is 16.5. The molecule has 2 aromatic carbocycles. The van der Waals surface area contributed by atoms with Gasteiger partial charge in [0.25, 0.3) is 5.91 Å². The number of hydrogen-bond donors (Lipinski definition) is 2. The van der Waals surface area contributed by atoms with E-state index in [2.05, 4.69) is 30.8 Å². The van der Waals surface area contributed by atoms with Crippen molar-refractivity contribution in [3.8, 4) is 17.4 Å². The van der Waals surface area contributed by atoms with Gasteiger partial charge in [-0.2, -0.15) is 0 Å². The Balaban J connectivity index is 1.39. The number of methoxy groups -OCH3 is 2. The molecule has 1 atom stereocenters. The number of para-hydroxylation sites is 1. The van der Waals surface area contributed by atoms with Crippen molar-refractivity contribution in [2.24, 2.45) is 0 Å². The van der Waals surface area contributed by atoms with Gasteiger partial charge in [-0.25, -0.2) is 4.98 Å². The first-order chi connectivity index (χ1) is 22.0. The Bertz CT molecular complexity index is 1540. The molecule has 4 aromatic rings. The summed E-state index contributed by atoms with van der Waals surface area (Å²) in [6, 6.07) is 17.8. The van der Waals surface area contributed by atoms with E-state index in [-0.39, 0.29) is 5.91 Å². The normalized spacial score (nSPS) is 17.0. The van der Waals surface area contributed by atoms with E-state index in [9.17, 15) is 9.59 Å². The quantitative estimate of drug-likeness (QED) is 0.337. The lowest BCUT2D eigenvalue weighted by molar-refractivity contribution is -0.123. The van der Waals surface area contributed by atoms with Crippen molar-refractivity contribution in [2.45, 2.75) is 38.4 Å². The molecule has 236 valence electrons. The monoisotopic (exact) mass is 613 g/mol. The van der Waals surface area contributed by atoms with Gasteiger partial charge in [0.1, 0.15) is 6.04 Å². The van der Waals surface area contributed by atoms with Crippen LogP contribution in [0, 0.1) is 0 Å². The number of pyridine rings is 1. The highest BCUT2D eigenvalue weighted by Gasteiger charge is 2.25. The number of aryl methyl sites for hydroxylation is 1. The summed E-state index contributed by atoms with van der Waals surface area (Å²) < 4.78 is 18.6. The number of carbonyl (C=O) groups excluding carboxylic acids is 2. The highest BCUT2D eigenvalue weighted by Crippen LogP contribution is 2.31. The van der Waals surface area contributed by atoms with E-state index in [4.69, 9.17) is 14.2 Å². The first-order valence-corrected chi connectivity index (χ1v) is 15.0. The molecule has 5 rings (SSSR count). The SMILES string of the molecule is COc1ccc(CN2CCNC(=O)[C@H](Cc3ccccc3)NC(=O)c3cccc(OC)c3OCCCn3cc(nn3)CC2)cn1. The summed E-state index contributed by atoms with van der Waals surface area (Å²) >= 11 is 0. The molecule has 0 saturated carbocycles. The van der Waals surface area contributed by atoms with Crippen LogP contribution in [0.3, 0.4) is 0 Å². The number of amides is 2. The molecule has 1 aliphatic heterocycles. The number of carbonyl (C=O) groups is 2. The van der Waals surface area contributed by atoms with Gasteiger partial charge in [0.15, 0.2) is 11.5 Å². The van der Waals surface area contributed by atoms with Gasteiger partial charge in [0.05, 0.1) is 32.1 Å². The molecule has 0 saturated heterocycles. The molecule has 45 heavy (non-hydrogen) atoms. The molecular weight excluding hydrogens is 574 g/mol. The van der Waals surface area contributed by atoms with Crippen LogP contribution in [0.15, 0.2) is 73.1 Å². The number of aromatic nitrogens is 4. The van der Waals surface area contributed by atoms with E-state index in [1.54, 1.807) is 36.2 Å². The zero-order chi connectivity index (χ0) is 31.4. The minimum Gasteiger partial charge on any atom is -0.493 e. The number of ether oxygens (including phenoxy) is 3. The Labute approximate surface area is 262 Å². The summed E-state index contributed by atoms with van der Waals surface area (Å²) in [6.07, 6.45) is 5.39. The second-order valence-corrected chi connectivity index (χ2v) is 10.8. The van der Waals surface area contributed by atoms with Gasteiger partial charge in [0, 0.05) is 70.4 Å². The maximum absolute atomic E-state index is 13.7. The molecule has 2 bridgehead atoms. The van der Waals surface area contributed by atoms with Crippen LogP contribution >= 0.6 is 0 Å². The summed E-state index contributed by atoms with van der Waals surface area (Å²) in [6.45, 7) is 3.20. The lowest BCUT2D eigenvalue weighted by Crippen LogP contribution is -2.49. The third-order valence-electron chi connectivity index (χ3n) is 7.54. The number of hydrogen-bond acceptors (Lipinski definition) is 9. The zero-order valence-corrected chi connectivity index (χ0v) is 25.6. The molecule has 2 aromatic heterocycles. The predicted molar refractivity (Wildman–Crippen MR) is 167 cm³/mol. The molecular formula is C33H39N7O5. The molecule has 0 fully saturated rings. The number of nitrogens with zero attached hydrogens (tertiary/aromatic N) is 5. The first-order valence-electron chi connectivity index (χ1n) is 15.0. The fourth-order valence-electron chi connectivity index (χ4n) is 5.15. The number of fused-ring (bicyclic) bond motifs is 3. The summed E-state index contributed by atoms with van der Waals surface area (Å²) in [4.78, 5) is 33.9. The second-order valence-electron chi connectivity index (χ2n) is 10.8. The summed E-state index contributed by atoms with van der Waals surface area (Å²) in [5.41, 5.74) is 3.12. The number of rotatable bonds is 6. The van der Waals surface area contributed by atoms with Crippen molar-refractivity contribution in [3.05, 3.63) is 95.4 Å². The standard InChI is InChI=1S/C33H39N7O5/c1-43-29-11-6-10-27-31(29)45-19-7-16-40-23-26(37-38-40)14-17-39(22-25-12-13-30(44-2)35-21-25)18-15-34-33(42)28(36-32(27)41)20-24-8-4-3-5-9-24/h3-6,8-13,21,23,28H,7,14-20,22H2,1-2H3,(H,34,42)(H,36,41)/t28-/m0/s1. The molecule has 0 radical (unpaired) electrons. The van der Waals surface area contributed by atoms with Crippen molar-refractivity contribution >= 4 is 11.8 Å². The Kier molecular flexibility index (Phi) is 10.9. The van der Waals surface area contributed by atoms with Crippen LogP contribution in [0.5, 0.6) is 17.4 Å². The molecule has 3 heterocycles. The van der Waals surface area contributed by atoms with Crippen molar-refractivity contribution in [1.29, 1.82) is 0 Å². The third kappa shape index (κ3) is 8.79. The maximum Gasteiger partial charge on any atom is 0.255 e. The van der Waals surface area contributed by atoms with Crippen LogP contribution in [0.25, 0.3) is 0 Å². The Morgan fingerprint density at radius 1 is 0.956 bits per heavy atom. The van der Waals surface area contributed by atoms with E-state index in [1.165, 1.54) is 7.11 Å². The minimum atomic E-state index is -0.811. The van der Waals surface area contributed by atoms with Crippen molar-refractivity contribution in [1.82, 2.24) is 35.5 Å². The fraction of sp³-hybridized carbons (Fsp3) is 0.364. The smallest absolute Gasteiger partial charge is 0.255 e. The van der Waals surface area contributed by atoms with E-state index in [0.29, 0.717) is 81.5 Å². The van der Waals surface area contributed by atoms with Crippen LogP contribution in [-0.2, 0) is 30.7 Å². The van der Waals surface area contributed by atoms with E-state index in [1.807, 2.05) is 48.7 Å². The summed E-state index contributed by atoms with van der Waals surface area (Å²) in [5.74, 6) is 0.623. The van der Waals surface area contributed by atoms with Gasteiger partial charge in [-0.05, 0) is 23.3 Å². The third-order valence-corrected chi connectivity index (χ3v) is 7.54. The maximum atomic E-state index is 13.7.